The molecule has 1 aliphatic carbocycles. The molecular formula is C32H36F2N2O6S. The van der Waals surface area contributed by atoms with E-state index >= 15 is 0 Å². The van der Waals surface area contributed by atoms with Gasteiger partial charge in [0.05, 0.1) is 4.90 Å². The summed E-state index contributed by atoms with van der Waals surface area (Å²) in [5.41, 5.74) is 1.93. The Kier molecular flexibility index (Phi) is 8.78. The molecular weight excluding hydrogens is 578 g/mol. The maximum Gasteiger partial charge on any atom is 0.345 e. The van der Waals surface area contributed by atoms with Crippen LogP contribution in [0.1, 0.15) is 31.9 Å². The van der Waals surface area contributed by atoms with Crippen LogP contribution in [-0.2, 0) is 26.7 Å². The van der Waals surface area contributed by atoms with Gasteiger partial charge in [0.1, 0.15) is 29.7 Å². The van der Waals surface area contributed by atoms with Gasteiger partial charge in [-0.1, -0.05) is 45.0 Å². The number of fused-ring (bicyclic) bond motifs is 1. The summed E-state index contributed by atoms with van der Waals surface area (Å²) < 4.78 is 65.5. The molecule has 0 radical (unpaired) electrons. The number of nitrogens with zero attached hydrogens (tertiary/aromatic N) is 1. The fraction of sp³-hybridized carbons (Fsp3) is 0.406. The van der Waals surface area contributed by atoms with Gasteiger partial charge in [0.15, 0.2) is 6.10 Å². The van der Waals surface area contributed by atoms with Crippen molar-refractivity contribution >= 4 is 16.0 Å². The van der Waals surface area contributed by atoms with Gasteiger partial charge in [-0.15, -0.1) is 0 Å². The van der Waals surface area contributed by atoms with E-state index in [1.165, 1.54) is 4.31 Å². The van der Waals surface area contributed by atoms with Gasteiger partial charge in [0, 0.05) is 38.2 Å². The standard InChI is InChI=1S/C32H36F2N2O6S/c1-32(2,3)21-6-10-25(11-7-21)42-29(31(37)38)14-20-4-8-24(9-5-20)41-13-12-35-30-27-18-36(19-28(27)30)43(39,40)26-16-22(33)15-23(34)17-26/h4-11,15-17,27-30,35H,12-14,18-19H2,1-3H3,(H,37,38)/t27-,28+,29-,30+/m0/s1. The quantitative estimate of drug-likeness (QED) is 0.287. The van der Waals surface area contributed by atoms with E-state index in [1.54, 1.807) is 24.3 Å². The van der Waals surface area contributed by atoms with Crippen LogP contribution < -0.4 is 14.8 Å². The molecule has 1 saturated carbocycles. The molecule has 11 heteroatoms. The number of piperidine rings is 1. The summed E-state index contributed by atoms with van der Waals surface area (Å²) in [7, 11) is -3.95. The number of carboxylic acids is 1. The number of aliphatic carboxylic acids is 1. The van der Waals surface area contributed by atoms with Crippen LogP contribution in [0.15, 0.2) is 71.6 Å². The van der Waals surface area contributed by atoms with Gasteiger partial charge < -0.3 is 19.9 Å². The first-order valence-electron chi connectivity index (χ1n) is 14.2. The molecule has 4 atom stereocenters. The van der Waals surface area contributed by atoms with Gasteiger partial charge in [-0.05, 0) is 64.8 Å². The second kappa shape index (κ2) is 12.2. The van der Waals surface area contributed by atoms with Crippen LogP contribution >= 0.6 is 0 Å². The zero-order valence-corrected chi connectivity index (χ0v) is 25.1. The maximum atomic E-state index is 13.5. The van der Waals surface area contributed by atoms with Crippen LogP contribution in [0.3, 0.4) is 0 Å². The second-order valence-electron chi connectivity index (χ2n) is 12.2. The lowest BCUT2D eigenvalue weighted by Crippen LogP contribution is -2.36. The normalized spacial score (nSPS) is 20.8. The molecule has 0 bridgehead atoms. The highest BCUT2D eigenvalue weighted by atomic mass is 32.2. The van der Waals surface area contributed by atoms with E-state index in [0.29, 0.717) is 43.8 Å². The van der Waals surface area contributed by atoms with Gasteiger partial charge in [-0.3, -0.25) is 0 Å². The monoisotopic (exact) mass is 614 g/mol. The van der Waals surface area contributed by atoms with Gasteiger partial charge in [-0.2, -0.15) is 4.31 Å². The van der Waals surface area contributed by atoms with E-state index in [1.807, 2.05) is 24.3 Å². The van der Waals surface area contributed by atoms with Crippen LogP contribution in [0.4, 0.5) is 8.78 Å². The first-order chi connectivity index (χ1) is 20.3. The summed E-state index contributed by atoms with van der Waals surface area (Å²) in [6, 6.07) is 17.2. The first-order valence-corrected chi connectivity index (χ1v) is 15.7. The van der Waals surface area contributed by atoms with Crippen LogP contribution in [0.5, 0.6) is 11.5 Å². The van der Waals surface area contributed by atoms with E-state index in [4.69, 9.17) is 9.47 Å². The second-order valence-corrected chi connectivity index (χ2v) is 14.1. The zero-order chi connectivity index (χ0) is 30.9. The number of benzene rings is 3. The van der Waals surface area contributed by atoms with Crippen LogP contribution in [0.2, 0.25) is 0 Å². The molecule has 0 amide bonds. The molecule has 0 unspecified atom stereocenters. The predicted octanol–water partition coefficient (Wildman–Crippen LogP) is 4.62. The third-order valence-corrected chi connectivity index (χ3v) is 9.81. The average Bonchev–Trinajstić information content (AvgIpc) is 3.37. The summed E-state index contributed by atoms with van der Waals surface area (Å²) in [6.07, 6.45) is -0.834. The van der Waals surface area contributed by atoms with Gasteiger partial charge >= 0.3 is 5.97 Å². The molecule has 3 aromatic rings. The van der Waals surface area contributed by atoms with Gasteiger partial charge in [0.25, 0.3) is 0 Å². The molecule has 1 saturated heterocycles. The third-order valence-electron chi connectivity index (χ3n) is 8.00. The van der Waals surface area contributed by atoms with Crippen LogP contribution in [-0.4, -0.2) is 62.2 Å². The molecule has 2 fully saturated rings. The first kappa shape index (κ1) is 30.9. The van der Waals surface area contributed by atoms with Gasteiger partial charge in [-0.25, -0.2) is 22.0 Å². The van der Waals surface area contributed by atoms with Crippen LogP contribution in [0.25, 0.3) is 0 Å². The van der Waals surface area contributed by atoms with Gasteiger partial charge in [0.2, 0.25) is 10.0 Å². The SMILES string of the molecule is CC(C)(C)c1ccc(O[C@@H](Cc2ccc(OCCN[C@H]3[C@@H]4CN(S(=O)(=O)c5cc(F)cc(F)c5)C[C@@H]43)cc2)C(=O)O)cc1. The van der Waals surface area contributed by atoms with Crippen molar-refractivity contribution in [3.05, 3.63) is 89.5 Å². The Bertz CT molecular complexity index is 1530. The minimum atomic E-state index is -3.95. The number of hydrogen-bond acceptors (Lipinski definition) is 6. The average molecular weight is 615 g/mol. The Morgan fingerprint density at radius 1 is 0.977 bits per heavy atom. The maximum absolute atomic E-state index is 13.5. The highest BCUT2D eigenvalue weighted by Crippen LogP contribution is 2.47. The van der Waals surface area contributed by atoms with Crippen molar-refractivity contribution in [1.29, 1.82) is 0 Å². The Labute approximate surface area is 250 Å². The van der Waals surface area contributed by atoms with E-state index in [9.17, 15) is 27.1 Å². The number of halogens is 2. The molecule has 0 aromatic heterocycles. The highest BCUT2D eigenvalue weighted by Gasteiger charge is 2.57. The number of ether oxygens (including phenoxy) is 2. The lowest BCUT2D eigenvalue weighted by molar-refractivity contribution is -0.145. The largest absolute Gasteiger partial charge is 0.492 e. The fourth-order valence-corrected chi connectivity index (χ4v) is 7.08. The lowest BCUT2D eigenvalue weighted by Gasteiger charge is -2.20. The van der Waals surface area contributed by atoms with E-state index < -0.39 is 33.7 Å². The van der Waals surface area contributed by atoms with Crippen molar-refractivity contribution in [1.82, 2.24) is 9.62 Å². The summed E-state index contributed by atoms with van der Waals surface area (Å²) in [6.45, 7) is 7.88. The number of nitrogens with one attached hydrogen (secondary N) is 1. The predicted molar refractivity (Wildman–Crippen MR) is 157 cm³/mol. The summed E-state index contributed by atoms with van der Waals surface area (Å²) in [5.74, 6) is -1.45. The Morgan fingerprint density at radius 3 is 2.12 bits per heavy atom. The Balaban J connectivity index is 1.04. The Morgan fingerprint density at radius 2 is 1.56 bits per heavy atom. The molecule has 8 nitrogen and oxygen atoms in total. The number of carbonyl (C=O) groups is 1. The molecule has 1 heterocycles. The highest BCUT2D eigenvalue weighted by molar-refractivity contribution is 7.89. The topological polar surface area (TPSA) is 105 Å². The van der Waals surface area contributed by atoms with E-state index in [2.05, 4.69) is 26.1 Å². The molecule has 5 rings (SSSR count). The van der Waals surface area contributed by atoms with E-state index in [-0.39, 0.29) is 34.6 Å². The molecule has 43 heavy (non-hydrogen) atoms. The minimum absolute atomic E-state index is 0.00902. The molecule has 0 spiro atoms. The van der Waals surface area contributed by atoms with Crippen molar-refractivity contribution in [2.75, 3.05) is 26.2 Å². The van der Waals surface area contributed by atoms with Crippen molar-refractivity contribution in [2.45, 2.75) is 49.6 Å². The smallest absolute Gasteiger partial charge is 0.345 e. The lowest BCUT2D eigenvalue weighted by atomic mass is 9.87. The number of sulfonamides is 1. The van der Waals surface area contributed by atoms with Crippen LogP contribution in [0, 0.1) is 23.5 Å². The number of rotatable bonds is 12. The van der Waals surface area contributed by atoms with Crippen molar-refractivity contribution in [3.8, 4) is 11.5 Å². The minimum Gasteiger partial charge on any atom is -0.492 e. The third kappa shape index (κ3) is 7.34. The Hall–Kier alpha value is -3.54. The van der Waals surface area contributed by atoms with Crippen molar-refractivity contribution in [2.24, 2.45) is 11.8 Å². The fourth-order valence-electron chi connectivity index (χ4n) is 5.52. The molecule has 3 aromatic carbocycles. The molecule has 2 N–H and O–H groups in total. The zero-order valence-electron chi connectivity index (χ0n) is 24.3. The van der Waals surface area contributed by atoms with E-state index in [0.717, 1.165) is 23.3 Å². The summed E-state index contributed by atoms with van der Waals surface area (Å²) in [5, 5.41) is 13.1. The molecule has 1 aliphatic heterocycles. The van der Waals surface area contributed by atoms with Crippen molar-refractivity contribution in [3.63, 3.8) is 0 Å². The molecule has 230 valence electrons. The molecule has 2 aliphatic rings. The van der Waals surface area contributed by atoms with Crippen molar-refractivity contribution < 1.29 is 36.6 Å². The summed E-state index contributed by atoms with van der Waals surface area (Å²) >= 11 is 0. The number of hydrogen-bond donors (Lipinski definition) is 2. The summed E-state index contributed by atoms with van der Waals surface area (Å²) in [4.78, 5) is 11.5. The number of carboxylic acid groups (broad SMARTS) is 1.